The number of fused-ring (bicyclic) bond motifs is 1. The third-order valence-corrected chi connectivity index (χ3v) is 7.23. The summed E-state index contributed by atoms with van der Waals surface area (Å²) in [5, 5.41) is 13.5. The predicted octanol–water partition coefficient (Wildman–Crippen LogP) is 4.82. The van der Waals surface area contributed by atoms with Gasteiger partial charge in [0.05, 0.1) is 11.1 Å². The summed E-state index contributed by atoms with van der Waals surface area (Å²) in [6.07, 6.45) is -4.40. The summed E-state index contributed by atoms with van der Waals surface area (Å²) in [6, 6.07) is 10.8. The van der Waals surface area contributed by atoms with Crippen LogP contribution in [0.4, 0.5) is 18.9 Å². The van der Waals surface area contributed by atoms with Crippen LogP contribution in [0, 0.1) is 13.8 Å². The van der Waals surface area contributed by atoms with E-state index in [1.807, 2.05) is 51.7 Å². The van der Waals surface area contributed by atoms with Gasteiger partial charge in [-0.2, -0.15) is 13.2 Å². The molecular formula is C28H32F3N7O. The normalized spacial score (nSPS) is 16.2. The molecule has 2 aromatic carbocycles. The number of alkyl halides is 3. The molecule has 1 atom stereocenters. The smallest absolute Gasteiger partial charge is 0.369 e. The lowest BCUT2D eigenvalue weighted by molar-refractivity contribution is -0.137. The maximum atomic E-state index is 13.5. The molecule has 1 aliphatic rings. The third-order valence-electron chi connectivity index (χ3n) is 7.23. The number of nitrogens with one attached hydrogen (secondary N) is 1. The Kier molecular flexibility index (Phi) is 6.74. The van der Waals surface area contributed by atoms with Crippen molar-refractivity contribution in [2.45, 2.75) is 52.4 Å². The minimum Gasteiger partial charge on any atom is -0.369 e. The number of aromatic amines is 1. The lowest BCUT2D eigenvalue weighted by Gasteiger charge is -2.40. The second kappa shape index (κ2) is 9.78. The first kappa shape index (κ1) is 26.9. The summed E-state index contributed by atoms with van der Waals surface area (Å²) >= 11 is 0. The molecule has 0 radical (unpaired) electrons. The number of nitrogens with zero attached hydrogens (tertiary/aromatic N) is 6. The molecule has 1 saturated heterocycles. The van der Waals surface area contributed by atoms with E-state index in [2.05, 4.69) is 31.5 Å². The van der Waals surface area contributed by atoms with Crippen LogP contribution in [-0.4, -0.2) is 56.3 Å². The molecule has 1 N–H and O–H groups in total. The standard InChI is InChI=1S/C28H32F3N7O/c1-17-13-18(2)21-16-22(26(39)32-23(21)14-17)24(25-33-34-35-38(25)27(3,4)5)37-11-9-36(10-12-37)20-8-6-7-19(15-20)28(29,30)31/h6-8,13-16,24H,9-12H2,1-5H3,(H,32,39)/t24-/m0/s1. The van der Waals surface area contributed by atoms with E-state index in [0.717, 1.165) is 28.1 Å². The molecule has 3 heterocycles. The van der Waals surface area contributed by atoms with Crippen molar-refractivity contribution in [3.05, 3.63) is 80.9 Å². The number of halogens is 3. The third kappa shape index (κ3) is 5.27. The minimum atomic E-state index is -4.40. The van der Waals surface area contributed by atoms with Gasteiger partial charge in [-0.1, -0.05) is 12.1 Å². The Bertz CT molecular complexity index is 1560. The Balaban J connectivity index is 1.54. The molecule has 0 bridgehead atoms. The first-order valence-corrected chi connectivity index (χ1v) is 12.9. The highest BCUT2D eigenvalue weighted by Crippen LogP contribution is 2.34. The topological polar surface area (TPSA) is 82.9 Å². The fourth-order valence-corrected chi connectivity index (χ4v) is 5.35. The van der Waals surface area contributed by atoms with E-state index in [1.54, 1.807) is 10.7 Å². The Morgan fingerprint density at radius 1 is 0.974 bits per heavy atom. The van der Waals surface area contributed by atoms with Gasteiger partial charge in [0, 0.05) is 48.3 Å². The van der Waals surface area contributed by atoms with Crippen molar-refractivity contribution in [2.24, 2.45) is 0 Å². The summed E-state index contributed by atoms with van der Waals surface area (Å²) < 4.78 is 41.6. The van der Waals surface area contributed by atoms with Crippen molar-refractivity contribution in [3.63, 3.8) is 0 Å². The SMILES string of the molecule is Cc1cc(C)c2cc([C@@H](c3nnnn3C(C)(C)C)N3CCN(c4cccc(C(F)(F)F)c4)CC3)c(=O)[nH]c2c1. The maximum absolute atomic E-state index is 13.5. The van der Waals surface area contributed by atoms with Gasteiger partial charge in [0.15, 0.2) is 5.82 Å². The molecular weight excluding hydrogens is 507 g/mol. The van der Waals surface area contributed by atoms with Crippen molar-refractivity contribution in [2.75, 3.05) is 31.1 Å². The zero-order chi connectivity index (χ0) is 28.1. The van der Waals surface area contributed by atoms with E-state index >= 15 is 0 Å². The number of rotatable bonds is 4. The first-order chi connectivity index (χ1) is 18.3. The van der Waals surface area contributed by atoms with Gasteiger partial charge in [0.2, 0.25) is 0 Å². The van der Waals surface area contributed by atoms with Crippen LogP contribution in [0.2, 0.25) is 0 Å². The van der Waals surface area contributed by atoms with E-state index < -0.39 is 23.3 Å². The quantitative estimate of drug-likeness (QED) is 0.401. The molecule has 0 amide bonds. The number of pyridine rings is 1. The number of anilines is 1. The number of hydrogen-bond donors (Lipinski definition) is 1. The number of aromatic nitrogens is 5. The molecule has 11 heteroatoms. The molecule has 1 fully saturated rings. The molecule has 0 spiro atoms. The predicted molar refractivity (Wildman–Crippen MR) is 144 cm³/mol. The summed E-state index contributed by atoms with van der Waals surface area (Å²) in [6.45, 7) is 12.0. The average Bonchev–Trinajstić information content (AvgIpc) is 3.35. The van der Waals surface area contributed by atoms with Crippen molar-refractivity contribution in [3.8, 4) is 0 Å². The van der Waals surface area contributed by atoms with E-state index in [-0.39, 0.29) is 5.56 Å². The number of piperazine rings is 1. The highest BCUT2D eigenvalue weighted by atomic mass is 19.4. The van der Waals surface area contributed by atoms with Crippen LogP contribution in [0.15, 0.2) is 47.3 Å². The van der Waals surface area contributed by atoms with E-state index in [9.17, 15) is 18.0 Å². The molecule has 0 aliphatic carbocycles. The monoisotopic (exact) mass is 539 g/mol. The molecule has 5 rings (SSSR count). The molecule has 0 unspecified atom stereocenters. The molecule has 2 aromatic heterocycles. The number of tetrazole rings is 1. The molecule has 8 nitrogen and oxygen atoms in total. The van der Waals surface area contributed by atoms with Crippen molar-refractivity contribution in [1.82, 2.24) is 30.1 Å². The van der Waals surface area contributed by atoms with Gasteiger partial charge < -0.3 is 9.88 Å². The van der Waals surface area contributed by atoms with Gasteiger partial charge in [0.25, 0.3) is 5.56 Å². The second-order valence-electron chi connectivity index (χ2n) is 11.2. The molecule has 0 saturated carbocycles. The van der Waals surface area contributed by atoms with Gasteiger partial charge in [-0.05, 0) is 86.5 Å². The molecule has 1 aliphatic heterocycles. The molecule has 206 valence electrons. The Hall–Kier alpha value is -3.73. The van der Waals surface area contributed by atoms with Crippen LogP contribution < -0.4 is 10.5 Å². The largest absolute Gasteiger partial charge is 0.416 e. The van der Waals surface area contributed by atoms with Gasteiger partial charge in [-0.3, -0.25) is 9.69 Å². The Morgan fingerprint density at radius 2 is 1.69 bits per heavy atom. The van der Waals surface area contributed by atoms with Crippen LogP contribution in [-0.2, 0) is 11.7 Å². The van der Waals surface area contributed by atoms with E-state index in [4.69, 9.17) is 0 Å². The number of aryl methyl sites for hydroxylation is 2. The van der Waals surface area contributed by atoms with Crippen LogP contribution in [0.3, 0.4) is 0 Å². The lowest BCUT2D eigenvalue weighted by Crippen LogP contribution is -2.49. The van der Waals surface area contributed by atoms with Crippen LogP contribution in [0.25, 0.3) is 10.9 Å². The highest BCUT2D eigenvalue weighted by molar-refractivity contribution is 5.83. The average molecular weight is 540 g/mol. The van der Waals surface area contributed by atoms with Crippen molar-refractivity contribution < 1.29 is 13.2 Å². The van der Waals surface area contributed by atoms with Gasteiger partial charge in [0.1, 0.15) is 6.04 Å². The summed E-state index contributed by atoms with van der Waals surface area (Å²) in [4.78, 5) is 20.7. The Labute approximate surface area is 224 Å². The summed E-state index contributed by atoms with van der Waals surface area (Å²) in [7, 11) is 0. The summed E-state index contributed by atoms with van der Waals surface area (Å²) in [5.41, 5.74) is 2.60. The van der Waals surface area contributed by atoms with Gasteiger partial charge >= 0.3 is 6.18 Å². The molecule has 4 aromatic rings. The Morgan fingerprint density at radius 3 is 2.36 bits per heavy atom. The molecule has 39 heavy (non-hydrogen) atoms. The zero-order valence-corrected chi connectivity index (χ0v) is 22.7. The fourth-order valence-electron chi connectivity index (χ4n) is 5.35. The van der Waals surface area contributed by atoms with Crippen LogP contribution in [0.5, 0.6) is 0 Å². The van der Waals surface area contributed by atoms with E-state index in [1.165, 1.54) is 12.1 Å². The van der Waals surface area contributed by atoms with Gasteiger partial charge in [-0.25, -0.2) is 4.68 Å². The van der Waals surface area contributed by atoms with Crippen molar-refractivity contribution in [1.29, 1.82) is 0 Å². The van der Waals surface area contributed by atoms with E-state index in [0.29, 0.717) is 43.3 Å². The van der Waals surface area contributed by atoms with Crippen molar-refractivity contribution >= 4 is 16.6 Å². The maximum Gasteiger partial charge on any atom is 0.416 e. The fraction of sp³-hybridized carbons (Fsp3) is 0.429. The highest BCUT2D eigenvalue weighted by Gasteiger charge is 2.36. The lowest BCUT2D eigenvalue weighted by atomic mass is 9.98. The summed E-state index contributed by atoms with van der Waals surface area (Å²) in [5.74, 6) is 0.546. The number of benzene rings is 2. The second-order valence-corrected chi connectivity index (χ2v) is 11.2. The zero-order valence-electron chi connectivity index (χ0n) is 22.7. The van der Waals surface area contributed by atoms with Crippen LogP contribution >= 0.6 is 0 Å². The van der Waals surface area contributed by atoms with Gasteiger partial charge in [-0.15, -0.1) is 5.10 Å². The number of hydrogen-bond acceptors (Lipinski definition) is 6. The van der Waals surface area contributed by atoms with Crippen LogP contribution in [0.1, 0.15) is 54.9 Å². The minimum absolute atomic E-state index is 0.221. The number of H-pyrrole nitrogens is 1. The first-order valence-electron chi connectivity index (χ1n) is 12.9.